The first kappa shape index (κ1) is 17.7. The molecule has 0 aliphatic carbocycles. The smallest absolute Gasteiger partial charge is 0.245 e. The van der Waals surface area contributed by atoms with E-state index in [-0.39, 0.29) is 22.4 Å². The zero-order valence-corrected chi connectivity index (χ0v) is 14.9. The molecule has 27 heavy (non-hydrogen) atoms. The molecular weight excluding hydrogens is 376 g/mol. The summed E-state index contributed by atoms with van der Waals surface area (Å²) in [6.45, 7) is 0.304. The molecule has 140 valence electrons. The largest absolute Gasteiger partial charge is 0.337 e. The Morgan fingerprint density at radius 3 is 2.30 bits per heavy atom. The summed E-state index contributed by atoms with van der Waals surface area (Å²) in [6.07, 6.45) is 1.17. The van der Waals surface area contributed by atoms with Crippen molar-refractivity contribution in [2.24, 2.45) is 0 Å². The Balaban J connectivity index is 1.64. The summed E-state index contributed by atoms with van der Waals surface area (Å²) >= 11 is 0. The fraction of sp³-hybridized carbons (Fsp3) is 0.222. The molecule has 0 saturated carbocycles. The lowest BCUT2D eigenvalue weighted by molar-refractivity contribution is 0.290. The van der Waals surface area contributed by atoms with Crippen molar-refractivity contribution in [3.8, 4) is 11.4 Å². The molecule has 1 aromatic heterocycles. The molecule has 9 heteroatoms. The van der Waals surface area contributed by atoms with Crippen molar-refractivity contribution in [1.29, 1.82) is 0 Å². The Labute approximate surface area is 154 Å². The van der Waals surface area contributed by atoms with Crippen LogP contribution in [0.5, 0.6) is 0 Å². The summed E-state index contributed by atoms with van der Waals surface area (Å²) in [4.78, 5) is 4.31. The van der Waals surface area contributed by atoms with Crippen molar-refractivity contribution in [1.82, 2.24) is 14.4 Å². The van der Waals surface area contributed by atoms with E-state index in [1.165, 1.54) is 40.7 Å². The number of hydrogen-bond acceptors (Lipinski definition) is 5. The second-order valence-electron chi connectivity index (χ2n) is 6.19. The van der Waals surface area contributed by atoms with Gasteiger partial charge in [0.25, 0.3) is 0 Å². The van der Waals surface area contributed by atoms with Gasteiger partial charge in [-0.3, -0.25) is 0 Å². The van der Waals surface area contributed by atoms with Gasteiger partial charge in [0.2, 0.25) is 21.7 Å². The van der Waals surface area contributed by atoms with Crippen LogP contribution in [0.15, 0.2) is 57.9 Å². The van der Waals surface area contributed by atoms with Gasteiger partial charge >= 0.3 is 0 Å². The third-order valence-corrected chi connectivity index (χ3v) is 6.38. The molecule has 6 nitrogen and oxygen atoms in total. The molecule has 1 fully saturated rings. The highest BCUT2D eigenvalue weighted by Crippen LogP contribution is 2.36. The van der Waals surface area contributed by atoms with Gasteiger partial charge in [0, 0.05) is 12.1 Å². The van der Waals surface area contributed by atoms with E-state index in [9.17, 15) is 17.2 Å². The van der Waals surface area contributed by atoms with Crippen molar-refractivity contribution in [2.75, 3.05) is 6.54 Å². The van der Waals surface area contributed by atoms with Crippen LogP contribution in [0.25, 0.3) is 11.4 Å². The molecule has 0 unspecified atom stereocenters. The van der Waals surface area contributed by atoms with Crippen molar-refractivity contribution in [3.05, 3.63) is 66.1 Å². The first-order chi connectivity index (χ1) is 12.9. The Morgan fingerprint density at radius 2 is 1.63 bits per heavy atom. The minimum absolute atomic E-state index is 0.00840. The van der Waals surface area contributed by atoms with Gasteiger partial charge in [-0.15, -0.1) is 0 Å². The average molecular weight is 391 g/mol. The summed E-state index contributed by atoms with van der Waals surface area (Å²) in [5, 5.41) is 3.88. The molecular formula is C18H15F2N3O3S. The first-order valence-electron chi connectivity index (χ1n) is 8.32. The Morgan fingerprint density at radius 1 is 1.00 bits per heavy atom. The van der Waals surface area contributed by atoms with E-state index in [1.807, 2.05) is 0 Å². The van der Waals surface area contributed by atoms with Crippen LogP contribution in [0.4, 0.5) is 8.78 Å². The van der Waals surface area contributed by atoms with Gasteiger partial charge in [0.05, 0.1) is 4.90 Å². The predicted octanol–water partition coefficient (Wildman–Crippen LogP) is 3.54. The van der Waals surface area contributed by atoms with Crippen LogP contribution in [-0.4, -0.2) is 29.4 Å². The van der Waals surface area contributed by atoms with Gasteiger partial charge in [-0.25, -0.2) is 17.2 Å². The van der Waals surface area contributed by atoms with Crippen LogP contribution in [0.3, 0.4) is 0 Å². The second-order valence-corrected chi connectivity index (χ2v) is 8.08. The van der Waals surface area contributed by atoms with Gasteiger partial charge in [-0.2, -0.15) is 9.29 Å². The summed E-state index contributed by atoms with van der Waals surface area (Å²) in [6, 6.07) is 9.70. The molecule has 0 bridgehead atoms. The van der Waals surface area contributed by atoms with E-state index < -0.39 is 21.9 Å². The van der Waals surface area contributed by atoms with E-state index in [0.717, 1.165) is 12.1 Å². The number of nitrogens with zero attached hydrogens (tertiary/aromatic N) is 3. The van der Waals surface area contributed by atoms with Crippen LogP contribution in [0, 0.1) is 11.6 Å². The molecule has 1 atom stereocenters. The molecule has 0 spiro atoms. The zero-order valence-electron chi connectivity index (χ0n) is 14.0. The summed E-state index contributed by atoms with van der Waals surface area (Å²) in [7, 11) is -3.82. The monoisotopic (exact) mass is 391 g/mol. The number of hydrogen-bond donors (Lipinski definition) is 0. The Kier molecular flexibility index (Phi) is 4.48. The molecule has 2 heterocycles. The molecule has 3 aromatic rings. The number of halogens is 2. The van der Waals surface area contributed by atoms with E-state index in [0.29, 0.717) is 24.9 Å². The SMILES string of the molecule is O=S(=O)(c1ccc(F)cc1)N1CCC[C@@H]1c1nc(-c2ccc(F)cc2)no1. The fourth-order valence-electron chi connectivity index (χ4n) is 3.10. The summed E-state index contributed by atoms with van der Waals surface area (Å²) < 4.78 is 58.6. The van der Waals surface area contributed by atoms with Crippen molar-refractivity contribution < 1.29 is 21.7 Å². The lowest BCUT2D eigenvalue weighted by Gasteiger charge is -2.21. The number of rotatable bonds is 4. The second kappa shape index (κ2) is 6.82. The van der Waals surface area contributed by atoms with Crippen LogP contribution in [-0.2, 0) is 10.0 Å². The van der Waals surface area contributed by atoms with Crippen molar-refractivity contribution >= 4 is 10.0 Å². The number of sulfonamides is 1. The first-order valence-corrected chi connectivity index (χ1v) is 9.76. The molecule has 1 aliphatic heterocycles. The normalized spacial score (nSPS) is 18.1. The third-order valence-electron chi connectivity index (χ3n) is 4.45. The van der Waals surface area contributed by atoms with Gasteiger partial charge in [0.15, 0.2) is 0 Å². The standard InChI is InChI=1S/C18H15F2N3O3S/c19-13-5-3-12(4-6-13)17-21-18(26-22-17)16-2-1-11-23(16)27(24,25)15-9-7-14(20)8-10-15/h3-10,16H,1-2,11H2/t16-/m1/s1. The summed E-state index contributed by atoms with van der Waals surface area (Å²) in [5.41, 5.74) is 0.567. The predicted molar refractivity (Wildman–Crippen MR) is 92.0 cm³/mol. The minimum Gasteiger partial charge on any atom is -0.337 e. The molecule has 1 aliphatic rings. The maximum atomic E-state index is 13.1. The van der Waals surface area contributed by atoms with Gasteiger partial charge in [-0.1, -0.05) is 5.16 Å². The molecule has 4 rings (SSSR count). The van der Waals surface area contributed by atoms with Crippen molar-refractivity contribution in [3.63, 3.8) is 0 Å². The quantitative estimate of drug-likeness (QED) is 0.680. The highest BCUT2D eigenvalue weighted by atomic mass is 32.2. The topological polar surface area (TPSA) is 76.3 Å². The van der Waals surface area contributed by atoms with Gasteiger partial charge in [-0.05, 0) is 61.4 Å². The molecule has 1 saturated heterocycles. The maximum Gasteiger partial charge on any atom is 0.245 e. The Bertz CT molecular complexity index is 1050. The molecule has 2 aromatic carbocycles. The zero-order chi connectivity index (χ0) is 19.0. The lowest BCUT2D eigenvalue weighted by Crippen LogP contribution is -2.30. The highest BCUT2D eigenvalue weighted by molar-refractivity contribution is 7.89. The average Bonchev–Trinajstić information content (AvgIpc) is 3.32. The molecule has 0 amide bonds. The Hall–Kier alpha value is -2.65. The van der Waals surface area contributed by atoms with E-state index >= 15 is 0 Å². The van der Waals surface area contributed by atoms with E-state index in [1.54, 1.807) is 0 Å². The number of benzene rings is 2. The molecule has 0 N–H and O–H groups in total. The van der Waals surface area contributed by atoms with Gasteiger partial charge in [0.1, 0.15) is 17.7 Å². The maximum absolute atomic E-state index is 13.1. The van der Waals surface area contributed by atoms with Gasteiger partial charge < -0.3 is 4.52 Å². The van der Waals surface area contributed by atoms with E-state index in [2.05, 4.69) is 10.1 Å². The summed E-state index contributed by atoms with van der Waals surface area (Å²) in [5.74, 6) is -0.448. The minimum atomic E-state index is -3.82. The lowest BCUT2D eigenvalue weighted by atomic mass is 10.2. The van der Waals surface area contributed by atoms with Crippen LogP contribution < -0.4 is 0 Å². The third kappa shape index (κ3) is 3.35. The van der Waals surface area contributed by atoms with Crippen LogP contribution in [0.1, 0.15) is 24.8 Å². The fourth-order valence-corrected chi connectivity index (χ4v) is 4.75. The van der Waals surface area contributed by atoms with Crippen LogP contribution in [0.2, 0.25) is 0 Å². The van der Waals surface area contributed by atoms with Crippen molar-refractivity contribution in [2.45, 2.75) is 23.8 Å². The number of aromatic nitrogens is 2. The molecule has 0 radical (unpaired) electrons. The van der Waals surface area contributed by atoms with Crippen LogP contribution >= 0.6 is 0 Å². The highest BCUT2D eigenvalue weighted by Gasteiger charge is 2.39. The van der Waals surface area contributed by atoms with E-state index in [4.69, 9.17) is 4.52 Å².